The molecule has 0 bridgehead atoms. The number of allylic oxidation sites excluding steroid dienone is 2. The van der Waals surface area contributed by atoms with Gasteiger partial charge in [-0.3, -0.25) is 0 Å². The van der Waals surface area contributed by atoms with Gasteiger partial charge in [0.1, 0.15) is 0 Å². The van der Waals surface area contributed by atoms with Crippen LogP contribution in [0.1, 0.15) is 12.8 Å². The van der Waals surface area contributed by atoms with Gasteiger partial charge in [0, 0.05) is 24.7 Å². The molecular formula is C12H11O5P. The highest BCUT2D eigenvalue weighted by molar-refractivity contribution is 7.34. The lowest BCUT2D eigenvalue weighted by Crippen LogP contribution is -1.99. The van der Waals surface area contributed by atoms with Crippen LogP contribution in [0.5, 0.6) is 0 Å². The summed E-state index contributed by atoms with van der Waals surface area (Å²) < 4.78 is 19.5. The lowest BCUT2D eigenvalue weighted by atomic mass is 10.4. The Balaban J connectivity index is 4.13. The molecule has 0 aliphatic rings. The molecule has 0 aliphatic heterocycles. The standard InChI is InChI=1S/C12H11O5P/c1-3-5-7-9-11(13)16-18(15)17-12(14)10-8-6-4-2/h3-4,18H,1-2,5-6H2. The Kier molecular flexibility index (Phi) is 8.72. The molecule has 0 unspecified atom stereocenters. The summed E-state index contributed by atoms with van der Waals surface area (Å²) in [7, 11) is -3.27. The molecule has 0 saturated carbocycles. The predicted octanol–water partition coefficient (Wildman–Crippen LogP) is 1.62. The van der Waals surface area contributed by atoms with E-state index in [0.717, 1.165) is 0 Å². The summed E-state index contributed by atoms with van der Waals surface area (Å²) in [4.78, 5) is 21.8. The Bertz CT molecular complexity index is 440. The largest absolute Gasteiger partial charge is 0.424 e. The zero-order chi connectivity index (χ0) is 13.8. The van der Waals surface area contributed by atoms with Crippen LogP contribution in [0.25, 0.3) is 0 Å². The zero-order valence-electron chi connectivity index (χ0n) is 9.52. The predicted molar refractivity (Wildman–Crippen MR) is 66.4 cm³/mol. The van der Waals surface area contributed by atoms with E-state index in [0.29, 0.717) is 12.8 Å². The maximum absolute atomic E-state index is 11.1. The molecule has 0 aromatic carbocycles. The maximum Gasteiger partial charge on any atom is 0.424 e. The summed E-state index contributed by atoms with van der Waals surface area (Å²) in [6, 6.07) is 0. The van der Waals surface area contributed by atoms with Gasteiger partial charge in [0.2, 0.25) is 0 Å². The van der Waals surface area contributed by atoms with E-state index in [-0.39, 0.29) is 0 Å². The first-order valence-electron chi connectivity index (χ1n) is 4.77. The molecule has 0 heterocycles. The average Bonchev–Trinajstić information content (AvgIpc) is 2.29. The third kappa shape index (κ3) is 9.03. The first-order chi connectivity index (χ1) is 8.60. The highest BCUT2D eigenvalue weighted by atomic mass is 31.1. The molecule has 0 amide bonds. The van der Waals surface area contributed by atoms with Gasteiger partial charge in [-0.1, -0.05) is 24.0 Å². The van der Waals surface area contributed by atoms with Crippen LogP contribution in [0.4, 0.5) is 0 Å². The van der Waals surface area contributed by atoms with Crippen LogP contribution in [0.2, 0.25) is 0 Å². The van der Waals surface area contributed by atoms with E-state index >= 15 is 0 Å². The van der Waals surface area contributed by atoms with Crippen LogP contribution in [-0.4, -0.2) is 11.9 Å². The van der Waals surface area contributed by atoms with Gasteiger partial charge in [0.05, 0.1) is 0 Å². The fraction of sp³-hybridized carbons (Fsp3) is 0.167. The molecule has 0 spiro atoms. The quantitative estimate of drug-likeness (QED) is 0.439. The third-order valence-electron chi connectivity index (χ3n) is 1.23. The summed E-state index contributed by atoms with van der Waals surface area (Å²) in [5.41, 5.74) is 0. The van der Waals surface area contributed by atoms with E-state index in [2.05, 4.69) is 34.0 Å². The van der Waals surface area contributed by atoms with Crippen molar-refractivity contribution in [3.05, 3.63) is 25.3 Å². The maximum atomic E-state index is 11.1. The minimum absolute atomic E-state index is 0.294. The van der Waals surface area contributed by atoms with E-state index in [1.807, 2.05) is 11.8 Å². The number of rotatable bonds is 4. The van der Waals surface area contributed by atoms with Gasteiger partial charge in [-0.2, -0.15) is 0 Å². The minimum atomic E-state index is -3.27. The van der Waals surface area contributed by atoms with Crippen molar-refractivity contribution >= 4 is 20.2 Å². The second-order valence-corrected chi connectivity index (χ2v) is 3.53. The second-order valence-electron chi connectivity index (χ2n) is 2.62. The normalized spacial score (nSPS) is 8.06. The molecule has 5 nitrogen and oxygen atoms in total. The van der Waals surface area contributed by atoms with Crippen LogP contribution in [0.3, 0.4) is 0 Å². The van der Waals surface area contributed by atoms with Crippen molar-refractivity contribution in [2.75, 3.05) is 0 Å². The first kappa shape index (κ1) is 15.8. The molecule has 94 valence electrons. The summed E-state index contributed by atoms with van der Waals surface area (Å²) in [5.74, 6) is 6.80. The Hall–Kier alpha value is -2.23. The van der Waals surface area contributed by atoms with Gasteiger partial charge in [-0.15, -0.1) is 13.2 Å². The van der Waals surface area contributed by atoms with Gasteiger partial charge >= 0.3 is 20.2 Å². The van der Waals surface area contributed by atoms with Gasteiger partial charge < -0.3 is 9.05 Å². The number of hydrogen-bond acceptors (Lipinski definition) is 5. The highest BCUT2D eigenvalue weighted by Gasteiger charge is 2.09. The lowest BCUT2D eigenvalue weighted by Gasteiger charge is -1.98. The molecule has 6 heteroatoms. The highest BCUT2D eigenvalue weighted by Crippen LogP contribution is 2.23. The lowest BCUT2D eigenvalue weighted by molar-refractivity contribution is -0.131. The molecule has 0 atom stereocenters. The second kappa shape index (κ2) is 9.96. The minimum Gasteiger partial charge on any atom is -0.375 e. The molecule has 18 heavy (non-hydrogen) atoms. The number of hydrogen-bond donors (Lipinski definition) is 0. The molecule has 0 aliphatic carbocycles. The fourth-order valence-corrected chi connectivity index (χ4v) is 1.06. The molecule has 0 aromatic heterocycles. The molecule has 0 aromatic rings. The van der Waals surface area contributed by atoms with Crippen LogP contribution in [0.15, 0.2) is 25.3 Å². The SMILES string of the molecule is C=CCC#CC(=O)O[PH](=O)OC(=O)C#CCC=C. The smallest absolute Gasteiger partial charge is 0.375 e. The Morgan fingerprint density at radius 1 is 1.00 bits per heavy atom. The Morgan fingerprint density at radius 3 is 1.72 bits per heavy atom. The zero-order valence-corrected chi connectivity index (χ0v) is 10.5. The number of carbonyl (C=O) groups excluding carboxylic acids is 2. The molecule has 0 rings (SSSR count). The monoisotopic (exact) mass is 266 g/mol. The van der Waals surface area contributed by atoms with Crippen LogP contribution in [-0.2, 0) is 23.2 Å². The third-order valence-corrected chi connectivity index (χ3v) is 1.93. The van der Waals surface area contributed by atoms with Crippen molar-refractivity contribution in [3.8, 4) is 23.7 Å². The van der Waals surface area contributed by atoms with Crippen LogP contribution in [0, 0.1) is 23.7 Å². The average molecular weight is 266 g/mol. The van der Waals surface area contributed by atoms with Crippen molar-refractivity contribution in [1.82, 2.24) is 0 Å². The Labute approximate surface area is 106 Å². The van der Waals surface area contributed by atoms with Crippen molar-refractivity contribution in [2.24, 2.45) is 0 Å². The summed E-state index contributed by atoms with van der Waals surface area (Å²) in [6.45, 7) is 6.78. The van der Waals surface area contributed by atoms with E-state index in [4.69, 9.17) is 0 Å². The summed E-state index contributed by atoms with van der Waals surface area (Å²) in [5, 5.41) is 0. The summed E-state index contributed by atoms with van der Waals surface area (Å²) in [6.07, 6.45) is 3.56. The van der Waals surface area contributed by atoms with E-state index < -0.39 is 20.2 Å². The topological polar surface area (TPSA) is 69.7 Å². The van der Waals surface area contributed by atoms with E-state index in [9.17, 15) is 14.2 Å². The van der Waals surface area contributed by atoms with Crippen molar-refractivity contribution < 1.29 is 23.2 Å². The van der Waals surface area contributed by atoms with E-state index in [1.165, 1.54) is 12.2 Å². The van der Waals surface area contributed by atoms with E-state index in [1.54, 1.807) is 0 Å². The van der Waals surface area contributed by atoms with Gasteiger partial charge in [0.15, 0.2) is 0 Å². The van der Waals surface area contributed by atoms with Gasteiger partial charge in [-0.05, 0) is 0 Å². The van der Waals surface area contributed by atoms with Crippen molar-refractivity contribution in [3.63, 3.8) is 0 Å². The van der Waals surface area contributed by atoms with Crippen LogP contribution >= 0.6 is 8.25 Å². The summed E-state index contributed by atoms with van der Waals surface area (Å²) >= 11 is 0. The van der Waals surface area contributed by atoms with Gasteiger partial charge in [0.25, 0.3) is 0 Å². The molecular weight excluding hydrogens is 255 g/mol. The Morgan fingerprint density at radius 2 is 1.39 bits per heavy atom. The number of carbonyl (C=O) groups is 2. The van der Waals surface area contributed by atoms with Crippen LogP contribution < -0.4 is 0 Å². The molecule has 0 radical (unpaired) electrons. The fourth-order valence-electron chi connectivity index (χ4n) is 0.614. The first-order valence-corrected chi connectivity index (χ1v) is 5.99. The van der Waals surface area contributed by atoms with Crippen molar-refractivity contribution in [1.29, 1.82) is 0 Å². The molecule has 0 fully saturated rings. The van der Waals surface area contributed by atoms with Crippen molar-refractivity contribution in [2.45, 2.75) is 12.8 Å². The van der Waals surface area contributed by atoms with Gasteiger partial charge in [-0.25, -0.2) is 14.2 Å². The molecule has 0 saturated heterocycles. The molecule has 0 N–H and O–H groups in total.